The van der Waals surface area contributed by atoms with Gasteiger partial charge in [0.15, 0.2) is 0 Å². The molecule has 1 aliphatic rings. The highest BCUT2D eigenvalue weighted by atomic mass is 15.3. The molecule has 1 aromatic rings. The average Bonchev–Trinajstić information content (AvgIpc) is 2.48. The predicted octanol–water partition coefficient (Wildman–Crippen LogP) is 0.589. The summed E-state index contributed by atoms with van der Waals surface area (Å²) in [6, 6.07) is 2.06. The molecule has 2 heterocycles. The summed E-state index contributed by atoms with van der Waals surface area (Å²) < 4.78 is 1.84. The zero-order chi connectivity index (χ0) is 11.1. The normalized spacial score (nSPS) is 20.6. The van der Waals surface area contributed by atoms with E-state index in [4.69, 9.17) is 5.73 Å². The van der Waals surface area contributed by atoms with Crippen molar-refractivity contribution in [2.45, 2.75) is 25.9 Å². The Bertz CT molecular complexity index is 336. The maximum absolute atomic E-state index is 6.23. The quantitative estimate of drug-likeness (QED) is 0.791. The fourth-order valence-corrected chi connectivity index (χ4v) is 2.04. The smallest absolute Gasteiger partial charge is 0.0764 e. The van der Waals surface area contributed by atoms with Gasteiger partial charge in [-0.2, -0.15) is 5.10 Å². The molecule has 2 N–H and O–H groups in total. The second-order valence-corrected chi connectivity index (χ2v) is 5.01. The van der Waals surface area contributed by atoms with Crippen LogP contribution in [0.5, 0.6) is 0 Å². The lowest BCUT2D eigenvalue weighted by molar-refractivity contribution is 0.0303. The van der Waals surface area contributed by atoms with Gasteiger partial charge in [-0.25, -0.2) is 0 Å². The van der Waals surface area contributed by atoms with Crippen LogP contribution in [0.4, 0.5) is 0 Å². The second-order valence-electron chi connectivity index (χ2n) is 5.01. The number of aromatic nitrogens is 2. The summed E-state index contributed by atoms with van der Waals surface area (Å²) in [5, 5.41) is 4.36. The maximum Gasteiger partial charge on any atom is 0.0764 e. The average molecular weight is 208 g/mol. The minimum absolute atomic E-state index is 0.0226. The molecule has 0 atom stereocenters. The SMILES string of the molecule is CC(C)C1(N)CN(Cc2ccn(C)n2)C1. The molecule has 1 aliphatic heterocycles. The van der Waals surface area contributed by atoms with Crippen LogP contribution < -0.4 is 5.73 Å². The molecule has 15 heavy (non-hydrogen) atoms. The molecule has 84 valence electrons. The summed E-state index contributed by atoms with van der Waals surface area (Å²) in [6.45, 7) is 7.28. The number of likely N-dealkylation sites (tertiary alicyclic amines) is 1. The first-order valence-electron chi connectivity index (χ1n) is 5.49. The third-order valence-corrected chi connectivity index (χ3v) is 3.34. The molecule has 1 fully saturated rings. The predicted molar refractivity (Wildman–Crippen MR) is 60.2 cm³/mol. The lowest BCUT2D eigenvalue weighted by Gasteiger charge is -2.50. The first-order chi connectivity index (χ1) is 6.99. The molecule has 0 radical (unpaired) electrons. The zero-order valence-electron chi connectivity index (χ0n) is 9.77. The molecule has 0 bridgehead atoms. The Morgan fingerprint density at radius 1 is 1.53 bits per heavy atom. The molecule has 2 rings (SSSR count). The third-order valence-electron chi connectivity index (χ3n) is 3.34. The van der Waals surface area contributed by atoms with Gasteiger partial charge < -0.3 is 5.73 Å². The van der Waals surface area contributed by atoms with Crippen molar-refractivity contribution in [3.8, 4) is 0 Å². The molecular formula is C11H20N4. The van der Waals surface area contributed by atoms with Gasteiger partial charge in [-0.1, -0.05) is 13.8 Å². The van der Waals surface area contributed by atoms with Crippen LogP contribution in [0, 0.1) is 5.92 Å². The van der Waals surface area contributed by atoms with E-state index in [0.29, 0.717) is 5.92 Å². The summed E-state index contributed by atoms with van der Waals surface area (Å²) in [7, 11) is 1.95. The number of rotatable bonds is 3. The van der Waals surface area contributed by atoms with Crippen LogP contribution in [0.25, 0.3) is 0 Å². The van der Waals surface area contributed by atoms with Crippen LogP contribution in [0.2, 0.25) is 0 Å². The Balaban J connectivity index is 1.86. The molecule has 0 spiro atoms. The molecule has 0 unspecified atom stereocenters. The van der Waals surface area contributed by atoms with Gasteiger partial charge in [0.2, 0.25) is 0 Å². The summed E-state index contributed by atoms with van der Waals surface area (Å²) >= 11 is 0. The van der Waals surface area contributed by atoms with Crippen molar-refractivity contribution in [1.29, 1.82) is 0 Å². The lowest BCUT2D eigenvalue weighted by atomic mass is 9.80. The van der Waals surface area contributed by atoms with Crippen LogP contribution in [0.15, 0.2) is 12.3 Å². The third kappa shape index (κ3) is 2.06. The molecule has 0 aliphatic carbocycles. The van der Waals surface area contributed by atoms with Crippen molar-refractivity contribution in [2.24, 2.45) is 18.7 Å². The summed E-state index contributed by atoms with van der Waals surface area (Å²) in [6.07, 6.45) is 1.98. The topological polar surface area (TPSA) is 47.1 Å². The summed E-state index contributed by atoms with van der Waals surface area (Å²) in [4.78, 5) is 2.35. The Morgan fingerprint density at radius 2 is 2.20 bits per heavy atom. The Morgan fingerprint density at radius 3 is 2.67 bits per heavy atom. The van der Waals surface area contributed by atoms with Crippen molar-refractivity contribution < 1.29 is 0 Å². The van der Waals surface area contributed by atoms with Crippen LogP contribution in [-0.2, 0) is 13.6 Å². The van der Waals surface area contributed by atoms with Crippen LogP contribution in [-0.4, -0.2) is 33.3 Å². The summed E-state index contributed by atoms with van der Waals surface area (Å²) in [5.41, 5.74) is 7.38. The Hall–Kier alpha value is -0.870. The monoisotopic (exact) mass is 208 g/mol. The van der Waals surface area contributed by atoms with Gasteiger partial charge in [-0.05, 0) is 12.0 Å². The minimum Gasteiger partial charge on any atom is -0.323 e. The van der Waals surface area contributed by atoms with Crippen molar-refractivity contribution >= 4 is 0 Å². The van der Waals surface area contributed by atoms with E-state index < -0.39 is 0 Å². The highest BCUT2D eigenvalue weighted by Crippen LogP contribution is 2.26. The molecule has 0 aromatic carbocycles. The highest BCUT2D eigenvalue weighted by molar-refractivity contribution is 5.06. The maximum atomic E-state index is 6.23. The van der Waals surface area contributed by atoms with Crippen molar-refractivity contribution in [2.75, 3.05) is 13.1 Å². The number of hydrogen-bond donors (Lipinski definition) is 1. The van der Waals surface area contributed by atoms with Gasteiger partial charge in [0, 0.05) is 38.4 Å². The number of nitrogens with two attached hydrogens (primary N) is 1. The van der Waals surface area contributed by atoms with E-state index in [2.05, 4.69) is 29.9 Å². The van der Waals surface area contributed by atoms with Gasteiger partial charge in [0.1, 0.15) is 0 Å². The van der Waals surface area contributed by atoms with Crippen LogP contribution in [0.3, 0.4) is 0 Å². The molecule has 4 nitrogen and oxygen atoms in total. The number of aryl methyl sites for hydroxylation is 1. The van der Waals surface area contributed by atoms with Gasteiger partial charge in [-0.15, -0.1) is 0 Å². The van der Waals surface area contributed by atoms with Gasteiger partial charge >= 0.3 is 0 Å². The largest absolute Gasteiger partial charge is 0.323 e. The lowest BCUT2D eigenvalue weighted by Crippen LogP contribution is -2.69. The van der Waals surface area contributed by atoms with E-state index >= 15 is 0 Å². The minimum atomic E-state index is 0.0226. The van der Waals surface area contributed by atoms with E-state index in [1.54, 1.807) is 0 Å². The molecule has 0 saturated carbocycles. The van der Waals surface area contributed by atoms with Crippen LogP contribution in [0.1, 0.15) is 19.5 Å². The van der Waals surface area contributed by atoms with E-state index in [0.717, 1.165) is 25.3 Å². The molecular weight excluding hydrogens is 188 g/mol. The van der Waals surface area contributed by atoms with Crippen molar-refractivity contribution in [3.63, 3.8) is 0 Å². The number of nitrogens with zero attached hydrogens (tertiary/aromatic N) is 3. The van der Waals surface area contributed by atoms with E-state index in [-0.39, 0.29) is 5.54 Å². The Kier molecular flexibility index (Phi) is 2.56. The van der Waals surface area contributed by atoms with Crippen LogP contribution >= 0.6 is 0 Å². The Labute approximate surface area is 91.1 Å². The molecule has 1 saturated heterocycles. The van der Waals surface area contributed by atoms with Gasteiger partial charge in [-0.3, -0.25) is 9.58 Å². The highest BCUT2D eigenvalue weighted by Gasteiger charge is 2.41. The second kappa shape index (κ2) is 3.61. The van der Waals surface area contributed by atoms with E-state index in [9.17, 15) is 0 Å². The van der Waals surface area contributed by atoms with Gasteiger partial charge in [0.05, 0.1) is 5.69 Å². The fourth-order valence-electron chi connectivity index (χ4n) is 2.04. The fraction of sp³-hybridized carbons (Fsp3) is 0.727. The molecule has 1 aromatic heterocycles. The standard InChI is InChI=1S/C11H20N4/c1-9(2)11(12)7-15(8-11)6-10-4-5-14(3)13-10/h4-5,9H,6-8,12H2,1-3H3. The molecule has 0 amide bonds. The van der Waals surface area contributed by atoms with E-state index in [1.165, 1.54) is 0 Å². The van der Waals surface area contributed by atoms with Crippen molar-refractivity contribution in [1.82, 2.24) is 14.7 Å². The molecule has 4 heteroatoms. The van der Waals surface area contributed by atoms with Crippen molar-refractivity contribution in [3.05, 3.63) is 18.0 Å². The first kappa shape index (κ1) is 10.6. The van der Waals surface area contributed by atoms with Gasteiger partial charge in [0.25, 0.3) is 0 Å². The van der Waals surface area contributed by atoms with E-state index in [1.807, 2.05) is 17.9 Å². The zero-order valence-corrected chi connectivity index (χ0v) is 9.77. The summed E-state index contributed by atoms with van der Waals surface area (Å²) in [5.74, 6) is 0.553. The first-order valence-corrected chi connectivity index (χ1v) is 5.49. The number of hydrogen-bond acceptors (Lipinski definition) is 3.